The molecule has 2 amide bonds. The molecule has 0 aliphatic rings. The summed E-state index contributed by atoms with van der Waals surface area (Å²) in [7, 11) is 1.29. The lowest BCUT2D eigenvalue weighted by Gasteiger charge is -2.08. The molecule has 0 spiro atoms. The number of anilines is 2. The highest BCUT2D eigenvalue weighted by atomic mass is 35.5. The first-order valence-electron chi connectivity index (χ1n) is 5.82. The van der Waals surface area contributed by atoms with Crippen LogP contribution < -0.4 is 10.6 Å². The number of hydrogen-bond acceptors (Lipinski definition) is 5. The Hall–Kier alpha value is -2.67. The highest BCUT2D eigenvalue weighted by Gasteiger charge is 2.08. The molecule has 0 radical (unpaired) electrons. The Kier molecular flexibility index (Phi) is 4.68. The Balaban J connectivity index is 2.02. The summed E-state index contributed by atoms with van der Waals surface area (Å²) < 4.78 is 4.61. The van der Waals surface area contributed by atoms with Gasteiger partial charge in [-0.15, -0.1) is 0 Å². The molecule has 1 aromatic carbocycles. The van der Waals surface area contributed by atoms with Crippen LogP contribution in [0.15, 0.2) is 36.7 Å². The first-order chi connectivity index (χ1) is 10.1. The summed E-state index contributed by atoms with van der Waals surface area (Å²) in [4.78, 5) is 30.7. The zero-order valence-electron chi connectivity index (χ0n) is 11.0. The van der Waals surface area contributed by atoms with E-state index in [1.54, 1.807) is 18.2 Å². The van der Waals surface area contributed by atoms with Crippen LogP contribution in [-0.4, -0.2) is 29.1 Å². The fourth-order valence-corrected chi connectivity index (χ4v) is 1.61. The van der Waals surface area contributed by atoms with E-state index in [-0.39, 0.29) is 5.28 Å². The number of urea groups is 1. The normalized spacial score (nSPS) is 9.81. The highest BCUT2D eigenvalue weighted by Crippen LogP contribution is 2.12. The molecule has 0 saturated carbocycles. The number of nitrogens with zero attached hydrogens (tertiary/aromatic N) is 2. The molecular formula is C13H11ClN4O3. The van der Waals surface area contributed by atoms with Crippen LogP contribution in [0.2, 0.25) is 5.28 Å². The van der Waals surface area contributed by atoms with E-state index in [1.165, 1.54) is 25.6 Å². The van der Waals surface area contributed by atoms with Gasteiger partial charge in [0, 0.05) is 5.69 Å². The van der Waals surface area contributed by atoms with Gasteiger partial charge < -0.3 is 15.4 Å². The summed E-state index contributed by atoms with van der Waals surface area (Å²) in [6.07, 6.45) is 2.75. The standard InChI is InChI=1S/C13H11ClN4O3/c1-21-11(19)8-3-2-4-9(5-8)17-13(20)18-10-6-15-12(14)16-7-10/h2-7H,1H3,(H2,17,18,20). The number of methoxy groups -OCH3 is 1. The molecule has 2 N–H and O–H groups in total. The Bertz CT molecular complexity index is 661. The Morgan fingerprint density at radius 2 is 1.81 bits per heavy atom. The molecule has 0 saturated heterocycles. The van der Waals surface area contributed by atoms with E-state index in [4.69, 9.17) is 11.6 Å². The second kappa shape index (κ2) is 6.67. The van der Waals surface area contributed by atoms with Crippen LogP contribution in [0.25, 0.3) is 0 Å². The van der Waals surface area contributed by atoms with Crippen LogP contribution >= 0.6 is 11.6 Å². The quantitative estimate of drug-likeness (QED) is 0.671. The van der Waals surface area contributed by atoms with Crippen molar-refractivity contribution in [1.29, 1.82) is 0 Å². The largest absolute Gasteiger partial charge is 0.465 e. The fraction of sp³-hybridized carbons (Fsp3) is 0.0769. The summed E-state index contributed by atoms with van der Waals surface area (Å²) in [5, 5.41) is 5.20. The van der Waals surface area contributed by atoms with Gasteiger partial charge in [-0.2, -0.15) is 0 Å². The third-order valence-electron chi connectivity index (χ3n) is 2.42. The number of amides is 2. The molecule has 1 aromatic heterocycles. The van der Waals surface area contributed by atoms with Crippen molar-refractivity contribution in [1.82, 2.24) is 9.97 Å². The van der Waals surface area contributed by atoms with E-state index in [2.05, 4.69) is 25.3 Å². The SMILES string of the molecule is COC(=O)c1cccc(NC(=O)Nc2cnc(Cl)nc2)c1. The summed E-state index contributed by atoms with van der Waals surface area (Å²) in [5.41, 5.74) is 1.18. The van der Waals surface area contributed by atoms with Crippen molar-refractivity contribution < 1.29 is 14.3 Å². The van der Waals surface area contributed by atoms with Crippen LogP contribution in [0.3, 0.4) is 0 Å². The van der Waals surface area contributed by atoms with Crippen molar-refractivity contribution in [3.8, 4) is 0 Å². The van der Waals surface area contributed by atoms with Crippen molar-refractivity contribution in [2.24, 2.45) is 0 Å². The second-order valence-corrected chi connectivity index (χ2v) is 4.23. The number of nitrogens with one attached hydrogen (secondary N) is 2. The van der Waals surface area contributed by atoms with Gasteiger partial charge in [-0.3, -0.25) is 0 Å². The Morgan fingerprint density at radius 3 is 2.48 bits per heavy atom. The highest BCUT2D eigenvalue weighted by molar-refractivity contribution is 6.28. The van der Waals surface area contributed by atoms with Gasteiger partial charge >= 0.3 is 12.0 Å². The molecule has 0 aliphatic heterocycles. The van der Waals surface area contributed by atoms with Crippen molar-refractivity contribution in [3.05, 3.63) is 47.5 Å². The van der Waals surface area contributed by atoms with Gasteiger partial charge in [0.25, 0.3) is 0 Å². The van der Waals surface area contributed by atoms with Crippen LogP contribution in [0.4, 0.5) is 16.2 Å². The third-order valence-corrected chi connectivity index (χ3v) is 2.61. The van der Waals surface area contributed by atoms with Crippen LogP contribution in [-0.2, 0) is 4.74 Å². The van der Waals surface area contributed by atoms with E-state index < -0.39 is 12.0 Å². The number of benzene rings is 1. The lowest BCUT2D eigenvalue weighted by atomic mass is 10.2. The van der Waals surface area contributed by atoms with Gasteiger partial charge in [-0.25, -0.2) is 19.6 Å². The molecule has 8 heteroatoms. The van der Waals surface area contributed by atoms with Crippen LogP contribution in [0, 0.1) is 0 Å². The lowest BCUT2D eigenvalue weighted by Crippen LogP contribution is -2.19. The number of carbonyl (C=O) groups excluding carboxylic acids is 2. The maximum absolute atomic E-state index is 11.8. The maximum atomic E-state index is 11.8. The minimum atomic E-state index is -0.497. The Labute approximate surface area is 125 Å². The molecule has 21 heavy (non-hydrogen) atoms. The molecule has 108 valence electrons. The maximum Gasteiger partial charge on any atom is 0.337 e. The molecule has 1 heterocycles. The van der Waals surface area contributed by atoms with Gasteiger partial charge in [0.15, 0.2) is 0 Å². The second-order valence-electron chi connectivity index (χ2n) is 3.89. The van der Waals surface area contributed by atoms with Crippen molar-refractivity contribution >= 4 is 35.0 Å². The number of rotatable bonds is 3. The zero-order chi connectivity index (χ0) is 15.2. The number of halogens is 1. The van der Waals surface area contributed by atoms with Crippen LogP contribution in [0.5, 0.6) is 0 Å². The summed E-state index contributed by atoms with van der Waals surface area (Å²) in [6, 6.07) is 5.87. The first-order valence-corrected chi connectivity index (χ1v) is 6.20. The van der Waals surface area contributed by atoms with Gasteiger partial charge in [0.1, 0.15) is 0 Å². The average molecular weight is 307 g/mol. The van der Waals surface area contributed by atoms with E-state index in [0.717, 1.165) is 0 Å². The molecule has 0 aliphatic carbocycles. The fourth-order valence-electron chi connectivity index (χ4n) is 1.51. The molecule has 2 aromatic rings. The van der Waals surface area contributed by atoms with E-state index >= 15 is 0 Å². The number of carbonyl (C=O) groups is 2. The van der Waals surface area contributed by atoms with E-state index in [1.807, 2.05) is 0 Å². The molecule has 0 bridgehead atoms. The molecule has 0 fully saturated rings. The first kappa shape index (κ1) is 14.7. The number of ether oxygens (including phenoxy) is 1. The third kappa shape index (κ3) is 4.15. The number of esters is 1. The Morgan fingerprint density at radius 1 is 1.14 bits per heavy atom. The van der Waals surface area contributed by atoms with Crippen molar-refractivity contribution in [2.45, 2.75) is 0 Å². The molecular weight excluding hydrogens is 296 g/mol. The average Bonchev–Trinajstić information content (AvgIpc) is 2.49. The van der Waals surface area contributed by atoms with Crippen LogP contribution in [0.1, 0.15) is 10.4 Å². The lowest BCUT2D eigenvalue weighted by molar-refractivity contribution is 0.0600. The van der Waals surface area contributed by atoms with Crippen molar-refractivity contribution in [2.75, 3.05) is 17.7 Å². The summed E-state index contributed by atoms with van der Waals surface area (Å²) >= 11 is 5.54. The van der Waals surface area contributed by atoms with E-state index in [0.29, 0.717) is 16.9 Å². The molecule has 0 atom stereocenters. The predicted molar refractivity (Wildman–Crippen MR) is 77.5 cm³/mol. The summed E-state index contributed by atoms with van der Waals surface area (Å²) in [5.74, 6) is -0.481. The smallest absolute Gasteiger partial charge is 0.337 e. The van der Waals surface area contributed by atoms with Gasteiger partial charge in [0.05, 0.1) is 30.8 Å². The predicted octanol–water partition coefficient (Wildman–Crippen LogP) is 2.56. The minimum absolute atomic E-state index is 0.0896. The monoisotopic (exact) mass is 306 g/mol. The molecule has 2 rings (SSSR count). The molecule has 7 nitrogen and oxygen atoms in total. The summed E-state index contributed by atoms with van der Waals surface area (Å²) in [6.45, 7) is 0. The van der Waals surface area contributed by atoms with Gasteiger partial charge in [-0.1, -0.05) is 6.07 Å². The van der Waals surface area contributed by atoms with Crippen molar-refractivity contribution in [3.63, 3.8) is 0 Å². The topological polar surface area (TPSA) is 93.2 Å². The van der Waals surface area contributed by atoms with Gasteiger partial charge in [-0.05, 0) is 29.8 Å². The zero-order valence-corrected chi connectivity index (χ0v) is 11.7. The minimum Gasteiger partial charge on any atom is -0.465 e. The number of hydrogen-bond donors (Lipinski definition) is 2. The number of aromatic nitrogens is 2. The molecule has 0 unspecified atom stereocenters. The van der Waals surface area contributed by atoms with Gasteiger partial charge in [0.2, 0.25) is 5.28 Å². The van der Waals surface area contributed by atoms with E-state index in [9.17, 15) is 9.59 Å².